The molecule has 0 atom stereocenters. The van der Waals surface area contributed by atoms with Crippen molar-refractivity contribution in [2.24, 2.45) is 0 Å². The minimum atomic E-state index is 0.812. The lowest BCUT2D eigenvalue weighted by Crippen LogP contribution is -2.61. The minimum absolute atomic E-state index is 0.812. The smallest absolute Gasteiger partial charge is 0.0701 e. The van der Waals surface area contributed by atoms with E-state index in [2.05, 4.69) is 42.5 Å². The van der Waals surface area contributed by atoms with Crippen molar-refractivity contribution in [1.29, 1.82) is 0 Å². The second kappa shape index (κ2) is 5.36. The van der Waals surface area contributed by atoms with Crippen LogP contribution < -0.4 is 5.32 Å². The number of halogens is 1. The standard InChI is InChI=1S/C12H18BrN3S/c13-12-5-10(9-17-12)8-15-1-3-16(4-2-15)11-6-14-7-11/h5,9,11,14H,1-4,6-8H2. The average Bonchev–Trinajstić information content (AvgIpc) is 2.64. The zero-order valence-corrected chi connectivity index (χ0v) is 12.3. The van der Waals surface area contributed by atoms with E-state index >= 15 is 0 Å². The largest absolute Gasteiger partial charge is 0.314 e. The number of hydrogen-bond donors (Lipinski definition) is 1. The summed E-state index contributed by atoms with van der Waals surface area (Å²) in [6.07, 6.45) is 0. The molecule has 3 rings (SSSR count). The van der Waals surface area contributed by atoms with Gasteiger partial charge in [0.15, 0.2) is 0 Å². The monoisotopic (exact) mass is 315 g/mol. The summed E-state index contributed by atoms with van der Waals surface area (Å²) in [6.45, 7) is 8.39. The maximum absolute atomic E-state index is 3.53. The van der Waals surface area contributed by atoms with Gasteiger partial charge in [-0.25, -0.2) is 0 Å². The first-order valence-corrected chi connectivity index (χ1v) is 7.88. The molecule has 0 aromatic carbocycles. The Bertz CT molecular complexity index is 370. The third-order valence-electron chi connectivity index (χ3n) is 3.71. The molecule has 0 bridgehead atoms. The highest BCUT2D eigenvalue weighted by atomic mass is 79.9. The van der Waals surface area contributed by atoms with Crippen molar-refractivity contribution in [1.82, 2.24) is 15.1 Å². The van der Waals surface area contributed by atoms with Gasteiger partial charge in [0.25, 0.3) is 0 Å². The van der Waals surface area contributed by atoms with Crippen molar-refractivity contribution in [3.05, 3.63) is 20.8 Å². The fourth-order valence-corrected chi connectivity index (χ4v) is 3.71. The van der Waals surface area contributed by atoms with Gasteiger partial charge in [-0.2, -0.15) is 0 Å². The number of nitrogens with zero attached hydrogens (tertiary/aromatic N) is 2. The van der Waals surface area contributed by atoms with Crippen molar-refractivity contribution in [2.75, 3.05) is 39.3 Å². The van der Waals surface area contributed by atoms with E-state index in [-0.39, 0.29) is 0 Å². The van der Waals surface area contributed by atoms with Gasteiger partial charge in [-0.1, -0.05) is 0 Å². The van der Waals surface area contributed by atoms with Crippen LogP contribution in [-0.4, -0.2) is 55.1 Å². The molecule has 0 spiro atoms. The van der Waals surface area contributed by atoms with E-state index in [1.807, 2.05) is 0 Å². The Balaban J connectivity index is 1.47. The van der Waals surface area contributed by atoms with Gasteiger partial charge >= 0.3 is 0 Å². The molecule has 2 saturated heterocycles. The molecule has 2 aliphatic rings. The highest BCUT2D eigenvalue weighted by Crippen LogP contribution is 2.22. The zero-order valence-electron chi connectivity index (χ0n) is 9.86. The van der Waals surface area contributed by atoms with Crippen LogP contribution in [-0.2, 0) is 6.54 Å². The second-order valence-corrected chi connectivity index (χ2v) is 7.17. The molecular weight excluding hydrogens is 298 g/mol. The normalized spacial score (nSPS) is 23.8. The molecule has 1 N–H and O–H groups in total. The van der Waals surface area contributed by atoms with Crippen molar-refractivity contribution in [3.8, 4) is 0 Å². The van der Waals surface area contributed by atoms with Crippen LogP contribution in [0.5, 0.6) is 0 Å². The fraction of sp³-hybridized carbons (Fsp3) is 0.667. The highest BCUT2D eigenvalue weighted by molar-refractivity contribution is 9.11. The quantitative estimate of drug-likeness (QED) is 0.914. The highest BCUT2D eigenvalue weighted by Gasteiger charge is 2.27. The molecule has 2 fully saturated rings. The summed E-state index contributed by atoms with van der Waals surface area (Å²) in [5, 5.41) is 5.61. The van der Waals surface area contributed by atoms with E-state index in [1.54, 1.807) is 11.3 Å². The second-order valence-electron chi connectivity index (χ2n) is 4.88. The Kier molecular flexibility index (Phi) is 3.82. The molecule has 3 nitrogen and oxygen atoms in total. The van der Waals surface area contributed by atoms with Gasteiger partial charge in [-0.15, -0.1) is 11.3 Å². The summed E-state index contributed by atoms with van der Waals surface area (Å²) >= 11 is 5.31. The van der Waals surface area contributed by atoms with E-state index < -0.39 is 0 Å². The van der Waals surface area contributed by atoms with Gasteiger partial charge in [0.2, 0.25) is 0 Å². The predicted octanol–water partition coefficient (Wildman–Crippen LogP) is 1.60. The van der Waals surface area contributed by atoms with E-state index in [9.17, 15) is 0 Å². The van der Waals surface area contributed by atoms with Crippen LogP contribution in [0.25, 0.3) is 0 Å². The summed E-state index contributed by atoms with van der Waals surface area (Å²) in [5.41, 5.74) is 1.45. The van der Waals surface area contributed by atoms with E-state index in [1.165, 1.54) is 48.6 Å². The maximum Gasteiger partial charge on any atom is 0.0701 e. The lowest BCUT2D eigenvalue weighted by molar-refractivity contribution is 0.0696. The van der Waals surface area contributed by atoms with Crippen LogP contribution in [0.15, 0.2) is 15.2 Å². The first kappa shape index (κ1) is 12.1. The lowest BCUT2D eigenvalue weighted by atomic mass is 10.1. The molecule has 1 aromatic rings. The third kappa shape index (κ3) is 2.90. The zero-order chi connectivity index (χ0) is 11.7. The molecule has 0 saturated carbocycles. The first-order chi connectivity index (χ1) is 8.31. The summed E-state index contributed by atoms with van der Waals surface area (Å²) in [6, 6.07) is 3.06. The van der Waals surface area contributed by atoms with Gasteiger partial charge in [-0.3, -0.25) is 9.80 Å². The molecule has 0 unspecified atom stereocenters. The summed E-state index contributed by atoms with van der Waals surface area (Å²) in [4.78, 5) is 5.20. The van der Waals surface area contributed by atoms with Gasteiger partial charge in [0, 0.05) is 51.9 Å². The van der Waals surface area contributed by atoms with Crippen LogP contribution in [0.3, 0.4) is 0 Å². The van der Waals surface area contributed by atoms with Crippen LogP contribution in [0.4, 0.5) is 0 Å². The van der Waals surface area contributed by atoms with Gasteiger partial charge in [0.1, 0.15) is 0 Å². The minimum Gasteiger partial charge on any atom is -0.314 e. The van der Waals surface area contributed by atoms with Gasteiger partial charge in [0.05, 0.1) is 3.79 Å². The Morgan fingerprint density at radius 2 is 2.06 bits per heavy atom. The van der Waals surface area contributed by atoms with Crippen LogP contribution in [0.2, 0.25) is 0 Å². The number of piperazine rings is 1. The Morgan fingerprint density at radius 3 is 2.59 bits per heavy atom. The van der Waals surface area contributed by atoms with E-state index in [4.69, 9.17) is 0 Å². The van der Waals surface area contributed by atoms with Crippen molar-refractivity contribution in [2.45, 2.75) is 12.6 Å². The van der Waals surface area contributed by atoms with Gasteiger partial charge in [-0.05, 0) is 32.9 Å². The van der Waals surface area contributed by atoms with Crippen LogP contribution in [0, 0.1) is 0 Å². The summed E-state index contributed by atoms with van der Waals surface area (Å²) in [7, 11) is 0. The Morgan fingerprint density at radius 1 is 1.29 bits per heavy atom. The van der Waals surface area contributed by atoms with E-state index in [0.29, 0.717) is 0 Å². The topological polar surface area (TPSA) is 18.5 Å². The number of rotatable bonds is 3. The molecule has 1 aromatic heterocycles. The molecule has 3 heterocycles. The molecule has 2 aliphatic heterocycles. The summed E-state index contributed by atoms with van der Waals surface area (Å²) in [5.74, 6) is 0. The van der Waals surface area contributed by atoms with Gasteiger partial charge < -0.3 is 5.32 Å². The lowest BCUT2D eigenvalue weighted by Gasteiger charge is -2.43. The van der Waals surface area contributed by atoms with E-state index in [0.717, 1.165) is 12.6 Å². The van der Waals surface area contributed by atoms with Crippen molar-refractivity contribution < 1.29 is 0 Å². The molecule has 94 valence electrons. The third-order valence-corrected chi connectivity index (χ3v) is 5.26. The predicted molar refractivity (Wildman–Crippen MR) is 75.5 cm³/mol. The number of hydrogen-bond acceptors (Lipinski definition) is 4. The number of thiophene rings is 1. The summed E-state index contributed by atoms with van der Waals surface area (Å²) < 4.78 is 1.24. The van der Waals surface area contributed by atoms with Crippen molar-refractivity contribution in [3.63, 3.8) is 0 Å². The van der Waals surface area contributed by atoms with Crippen LogP contribution >= 0.6 is 27.3 Å². The van der Waals surface area contributed by atoms with Crippen molar-refractivity contribution >= 4 is 27.3 Å². The molecule has 0 radical (unpaired) electrons. The Hall–Kier alpha value is 0.0600. The average molecular weight is 316 g/mol. The fourth-order valence-electron chi connectivity index (χ4n) is 2.51. The molecule has 17 heavy (non-hydrogen) atoms. The molecule has 0 aliphatic carbocycles. The maximum atomic E-state index is 3.53. The SMILES string of the molecule is Brc1cc(CN2CCN(C3CNC3)CC2)cs1. The Labute approximate surface area is 115 Å². The molecule has 0 amide bonds. The number of nitrogens with one attached hydrogen (secondary N) is 1. The van der Waals surface area contributed by atoms with Crippen LogP contribution in [0.1, 0.15) is 5.56 Å². The molecular formula is C12H18BrN3S. The first-order valence-electron chi connectivity index (χ1n) is 6.21. The molecule has 5 heteroatoms.